The fourth-order valence-electron chi connectivity index (χ4n) is 3.46. The van der Waals surface area contributed by atoms with Crippen molar-refractivity contribution >= 4 is 11.8 Å². The Balaban J connectivity index is 1.52. The molecule has 1 saturated carbocycles. The summed E-state index contributed by atoms with van der Waals surface area (Å²) in [5.41, 5.74) is 6.50. The normalized spacial score (nSPS) is 24.7. The van der Waals surface area contributed by atoms with Crippen molar-refractivity contribution in [2.75, 3.05) is 26.2 Å². The first-order valence-corrected chi connectivity index (χ1v) is 8.51. The van der Waals surface area contributed by atoms with Crippen LogP contribution < -0.4 is 5.73 Å². The zero-order valence-electron chi connectivity index (χ0n) is 13.5. The molecule has 0 bridgehead atoms. The lowest BCUT2D eigenvalue weighted by Gasteiger charge is -2.33. The molecule has 124 valence electrons. The minimum absolute atomic E-state index is 0.0601. The topological polar surface area (TPSA) is 66.6 Å². The van der Waals surface area contributed by atoms with Crippen LogP contribution in [0.2, 0.25) is 0 Å². The lowest BCUT2D eigenvalue weighted by atomic mass is 9.78. The molecule has 1 saturated heterocycles. The Labute approximate surface area is 137 Å². The third kappa shape index (κ3) is 3.91. The molecule has 1 aromatic rings. The van der Waals surface area contributed by atoms with Crippen LogP contribution in [0.1, 0.15) is 36.0 Å². The number of hydrogen-bond donors (Lipinski definition) is 1. The second kappa shape index (κ2) is 7.13. The van der Waals surface area contributed by atoms with Crippen LogP contribution in [0.3, 0.4) is 0 Å². The molecular formula is C18H25N3O2. The van der Waals surface area contributed by atoms with Crippen molar-refractivity contribution in [3.8, 4) is 0 Å². The number of rotatable bonds is 3. The molecule has 1 aliphatic carbocycles. The first-order chi connectivity index (χ1) is 11.1. The fraction of sp³-hybridized carbons (Fsp3) is 0.556. The summed E-state index contributed by atoms with van der Waals surface area (Å²) in [6.45, 7) is 2.71. The van der Waals surface area contributed by atoms with Gasteiger partial charge in [-0.05, 0) is 37.3 Å². The molecule has 5 heteroatoms. The minimum Gasteiger partial charge on any atom is -0.341 e. The third-order valence-corrected chi connectivity index (χ3v) is 4.89. The predicted molar refractivity (Wildman–Crippen MR) is 88.9 cm³/mol. The van der Waals surface area contributed by atoms with E-state index in [1.54, 1.807) is 0 Å². The molecule has 0 radical (unpaired) electrons. The number of benzene rings is 1. The summed E-state index contributed by atoms with van der Waals surface area (Å²) in [5.74, 6) is 0.739. The number of carbonyl (C=O) groups excluding carboxylic acids is 2. The van der Waals surface area contributed by atoms with Gasteiger partial charge in [0.05, 0.1) is 0 Å². The Morgan fingerprint density at radius 1 is 1.00 bits per heavy atom. The average molecular weight is 315 g/mol. The molecule has 2 N–H and O–H groups in total. The molecule has 1 heterocycles. The predicted octanol–water partition coefficient (Wildman–Crippen LogP) is 1.49. The van der Waals surface area contributed by atoms with E-state index in [9.17, 15) is 9.59 Å². The molecule has 2 fully saturated rings. The molecule has 3 rings (SSSR count). The second-order valence-corrected chi connectivity index (χ2v) is 6.69. The fourth-order valence-corrected chi connectivity index (χ4v) is 3.46. The van der Waals surface area contributed by atoms with Crippen LogP contribution >= 0.6 is 0 Å². The van der Waals surface area contributed by atoms with Crippen LogP contribution in [0.15, 0.2) is 30.3 Å². The molecule has 0 atom stereocenters. The van der Waals surface area contributed by atoms with E-state index in [0.717, 1.165) is 31.4 Å². The summed E-state index contributed by atoms with van der Waals surface area (Å²) in [6.07, 6.45) is 3.39. The van der Waals surface area contributed by atoms with E-state index in [4.69, 9.17) is 5.73 Å². The van der Waals surface area contributed by atoms with Crippen LogP contribution in [-0.2, 0) is 4.79 Å². The van der Waals surface area contributed by atoms with E-state index in [0.29, 0.717) is 32.0 Å². The van der Waals surface area contributed by atoms with E-state index in [-0.39, 0.29) is 17.9 Å². The lowest BCUT2D eigenvalue weighted by Crippen LogP contribution is -2.41. The van der Waals surface area contributed by atoms with Crippen molar-refractivity contribution in [3.05, 3.63) is 35.9 Å². The Bertz CT molecular complexity index is 555. The summed E-state index contributed by atoms with van der Waals surface area (Å²) in [6, 6.07) is 9.64. The van der Waals surface area contributed by atoms with E-state index in [1.807, 2.05) is 40.1 Å². The van der Waals surface area contributed by atoms with Gasteiger partial charge in [0, 0.05) is 44.2 Å². The molecule has 23 heavy (non-hydrogen) atoms. The molecular weight excluding hydrogens is 290 g/mol. The van der Waals surface area contributed by atoms with E-state index >= 15 is 0 Å². The van der Waals surface area contributed by atoms with E-state index in [2.05, 4.69) is 0 Å². The van der Waals surface area contributed by atoms with Gasteiger partial charge in [-0.15, -0.1) is 0 Å². The monoisotopic (exact) mass is 315 g/mol. The number of amides is 2. The largest absolute Gasteiger partial charge is 0.341 e. The van der Waals surface area contributed by atoms with Gasteiger partial charge < -0.3 is 15.5 Å². The first-order valence-electron chi connectivity index (χ1n) is 8.51. The Kier molecular flexibility index (Phi) is 4.96. The van der Waals surface area contributed by atoms with E-state index in [1.165, 1.54) is 0 Å². The maximum absolute atomic E-state index is 12.5. The molecule has 2 aliphatic rings. The maximum atomic E-state index is 12.5. The molecule has 2 amide bonds. The van der Waals surface area contributed by atoms with Gasteiger partial charge in [0.2, 0.25) is 5.91 Å². The second-order valence-electron chi connectivity index (χ2n) is 6.69. The van der Waals surface area contributed by atoms with Gasteiger partial charge in [-0.3, -0.25) is 9.59 Å². The van der Waals surface area contributed by atoms with Crippen molar-refractivity contribution in [1.29, 1.82) is 0 Å². The molecule has 0 spiro atoms. The molecule has 0 aromatic heterocycles. The number of nitrogens with two attached hydrogens (primary N) is 1. The molecule has 1 aliphatic heterocycles. The number of nitrogens with zero attached hydrogens (tertiary/aromatic N) is 2. The zero-order valence-corrected chi connectivity index (χ0v) is 13.5. The smallest absolute Gasteiger partial charge is 0.253 e. The highest BCUT2D eigenvalue weighted by molar-refractivity contribution is 5.94. The summed E-state index contributed by atoms with van der Waals surface area (Å²) in [4.78, 5) is 28.7. The summed E-state index contributed by atoms with van der Waals surface area (Å²) < 4.78 is 0. The van der Waals surface area contributed by atoms with Crippen molar-refractivity contribution in [2.45, 2.75) is 31.7 Å². The molecule has 0 unspecified atom stereocenters. The average Bonchev–Trinajstić information content (AvgIpc) is 2.79. The Hall–Kier alpha value is -1.88. The standard InChI is InChI=1S/C18H25N3O2/c19-16-11-14(12-16)13-17(22)20-7-4-8-21(10-9-20)18(23)15-5-2-1-3-6-15/h1-3,5-6,14,16H,4,7-13,19H2. The van der Waals surface area contributed by atoms with Crippen molar-refractivity contribution in [2.24, 2.45) is 11.7 Å². The lowest BCUT2D eigenvalue weighted by molar-refractivity contribution is -0.132. The highest BCUT2D eigenvalue weighted by atomic mass is 16.2. The first kappa shape index (κ1) is 16.0. The van der Waals surface area contributed by atoms with Gasteiger partial charge in [-0.1, -0.05) is 18.2 Å². The summed E-state index contributed by atoms with van der Waals surface area (Å²) in [5, 5.41) is 0. The SMILES string of the molecule is NC1CC(CC(=O)N2CCCN(C(=O)c3ccccc3)CC2)C1. The molecule has 5 nitrogen and oxygen atoms in total. The molecule has 1 aromatic carbocycles. The maximum Gasteiger partial charge on any atom is 0.253 e. The Morgan fingerprint density at radius 2 is 1.65 bits per heavy atom. The summed E-state index contributed by atoms with van der Waals surface area (Å²) >= 11 is 0. The minimum atomic E-state index is 0.0601. The van der Waals surface area contributed by atoms with Crippen molar-refractivity contribution in [1.82, 2.24) is 9.80 Å². The zero-order chi connectivity index (χ0) is 16.2. The highest BCUT2D eigenvalue weighted by Crippen LogP contribution is 2.29. The number of carbonyl (C=O) groups is 2. The van der Waals surface area contributed by atoms with Crippen LogP contribution in [0.25, 0.3) is 0 Å². The third-order valence-electron chi connectivity index (χ3n) is 4.89. The van der Waals surface area contributed by atoms with Gasteiger partial charge in [0.1, 0.15) is 0 Å². The van der Waals surface area contributed by atoms with Crippen molar-refractivity contribution in [3.63, 3.8) is 0 Å². The van der Waals surface area contributed by atoms with Crippen LogP contribution in [0.5, 0.6) is 0 Å². The van der Waals surface area contributed by atoms with Gasteiger partial charge >= 0.3 is 0 Å². The van der Waals surface area contributed by atoms with Gasteiger partial charge in [-0.25, -0.2) is 0 Å². The van der Waals surface area contributed by atoms with Crippen LogP contribution in [0, 0.1) is 5.92 Å². The summed E-state index contributed by atoms with van der Waals surface area (Å²) in [7, 11) is 0. The van der Waals surface area contributed by atoms with Gasteiger partial charge in [-0.2, -0.15) is 0 Å². The van der Waals surface area contributed by atoms with Crippen LogP contribution in [0.4, 0.5) is 0 Å². The quantitative estimate of drug-likeness (QED) is 0.919. The number of hydrogen-bond acceptors (Lipinski definition) is 3. The van der Waals surface area contributed by atoms with Crippen LogP contribution in [-0.4, -0.2) is 53.8 Å². The van der Waals surface area contributed by atoms with Crippen molar-refractivity contribution < 1.29 is 9.59 Å². The Morgan fingerprint density at radius 3 is 2.35 bits per heavy atom. The van der Waals surface area contributed by atoms with E-state index < -0.39 is 0 Å². The highest BCUT2D eigenvalue weighted by Gasteiger charge is 2.30. The van der Waals surface area contributed by atoms with Gasteiger partial charge in [0.25, 0.3) is 5.91 Å². The van der Waals surface area contributed by atoms with Gasteiger partial charge in [0.15, 0.2) is 0 Å².